The fourth-order valence-corrected chi connectivity index (χ4v) is 2.02. The summed E-state index contributed by atoms with van der Waals surface area (Å²) in [7, 11) is 1.28. The van der Waals surface area contributed by atoms with Crippen molar-refractivity contribution >= 4 is 39.0 Å². The molecule has 3 N–H and O–H groups in total. The molecule has 0 fully saturated rings. The van der Waals surface area contributed by atoms with Crippen molar-refractivity contribution in [2.75, 3.05) is 18.2 Å². The molecule has 6 heteroatoms. The number of nitrogens with one attached hydrogen (secondary N) is 1. The van der Waals surface area contributed by atoms with Crippen molar-refractivity contribution in [2.24, 2.45) is 0 Å². The normalized spacial score (nSPS) is 10.2. The van der Waals surface area contributed by atoms with Gasteiger partial charge in [0.1, 0.15) is 5.82 Å². The van der Waals surface area contributed by atoms with Gasteiger partial charge in [0.15, 0.2) is 0 Å². The third-order valence-corrected chi connectivity index (χ3v) is 3.36. The number of carbonyl (C=O) groups is 1. The van der Waals surface area contributed by atoms with Gasteiger partial charge in [-0.1, -0.05) is 0 Å². The van der Waals surface area contributed by atoms with Crippen LogP contribution in [-0.2, 0) is 4.74 Å². The molecule has 2 aromatic rings. The molecule has 0 spiro atoms. The minimum atomic E-state index is -0.524. The van der Waals surface area contributed by atoms with Gasteiger partial charge in [0.25, 0.3) is 0 Å². The molecule has 0 aliphatic carbocycles. The molecule has 0 aromatic heterocycles. The molecular weight excluding hydrogens is 327 g/mol. The smallest absolute Gasteiger partial charge is 0.340 e. The largest absolute Gasteiger partial charge is 0.465 e. The highest BCUT2D eigenvalue weighted by Crippen LogP contribution is 2.28. The lowest BCUT2D eigenvalue weighted by Crippen LogP contribution is -2.06. The number of esters is 1. The highest BCUT2D eigenvalue weighted by atomic mass is 79.9. The highest BCUT2D eigenvalue weighted by molar-refractivity contribution is 9.10. The van der Waals surface area contributed by atoms with Crippen LogP contribution in [0.5, 0.6) is 0 Å². The molecule has 0 radical (unpaired) electrons. The first-order valence-corrected chi connectivity index (χ1v) is 6.50. The quantitative estimate of drug-likeness (QED) is 0.661. The maximum Gasteiger partial charge on any atom is 0.340 e. The Morgan fingerprint density at radius 3 is 2.75 bits per heavy atom. The lowest BCUT2D eigenvalue weighted by Gasteiger charge is -2.11. The Morgan fingerprint density at radius 2 is 2.05 bits per heavy atom. The SMILES string of the molecule is COC(=O)c1cc(Nc2cc(F)ccc2Br)ccc1N. The van der Waals surface area contributed by atoms with Gasteiger partial charge in [0.05, 0.1) is 18.4 Å². The fourth-order valence-electron chi connectivity index (χ4n) is 1.67. The average molecular weight is 339 g/mol. The third kappa shape index (κ3) is 3.08. The molecule has 20 heavy (non-hydrogen) atoms. The summed E-state index contributed by atoms with van der Waals surface area (Å²) in [4.78, 5) is 11.6. The molecule has 0 saturated heterocycles. The Labute approximate surface area is 123 Å². The van der Waals surface area contributed by atoms with Gasteiger partial charge in [-0.25, -0.2) is 9.18 Å². The predicted octanol–water partition coefficient (Wildman–Crippen LogP) is 3.70. The summed E-state index contributed by atoms with van der Waals surface area (Å²) in [5.41, 5.74) is 7.44. The third-order valence-electron chi connectivity index (χ3n) is 2.67. The van der Waals surface area contributed by atoms with Crippen molar-refractivity contribution in [3.05, 3.63) is 52.3 Å². The Balaban J connectivity index is 2.34. The van der Waals surface area contributed by atoms with Crippen molar-refractivity contribution in [1.82, 2.24) is 0 Å². The molecule has 0 saturated carbocycles. The van der Waals surface area contributed by atoms with Crippen LogP contribution in [0.15, 0.2) is 40.9 Å². The molecule has 0 heterocycles. The number of halogens is 2. The Morgan fingerprint density at radius 1 is 1.30 bits per heavy atom. The van der Waals surface area contributed by atoms with E-state index in [0.29, 0.717) is 21.5 Å². The van der Waals surface area contributed by atoms with Gasteiger partial charge in [-0.3, -0.25) is 0 Å². The van der Waals surface area contributed by atoms with Crippen LogP contribution in [0.1, 0.15) is 10.4 Å². The highest BCUT2D eigenvalue weighted by Gasteiger charge is 2.11. The standard InChI is InChI=1S/C14H12BrFN2O2/c1-20-14(19)10-7-9(3-5-12(10)17)18-13-6-8(16)2-4-11(13)15/h2-7,18H,17H2,1H3. The Hall–Kier alpha value is -2.08. The molecule has 2 rings (SSSR count). The molecular formula is C14H12BrFN2O2. The number of nitrogens with two attached hydrogens (primary N) is 1. The molecule has 0 amide bonds. The first-order chi connectivity index (χ1) is 9.51. The van der Waals surface area contributed by atoms with E-state index in [2.05, 4.69) is 26.0 Å². The second-order valence-electron chi connectivity index (χ2n) is 4.04. The van der Waals surface area contributed by atoms with Gasteiger partial charge in [-0.05, 0) is 52.3 Å². The summed E-state index contributed by atoms with van der Waals surface area (Å²) in [6.07, 6.45) is 0. The Kier molecular flexibility index (Phi) is 4.24. The molecule has 0 aliphatic rings. The summed E-state index contributed by atoms with van der Waals surface area (Å²) in [5, 5.41) is 3.01. The number of anilines is 3. The molecule has 0 aliphatic heterocycles. The lowest BCUT2D eigenvalue weighted by atomic mass is 10.1. The number of hydrogen-bond donors (Lipinski definition) is 2. The Bertz CT molecular complexity index is 662. The number of nitrogen functional groups attached to an aromatic ring is 1. The van der Waals surface area contributed by atoms with E-state index in [-0.39, 0.29) is 11.4 Å². The predicted molar refractivity (Wildman–Crippen MR) is 79.6 cm³/mol. The van der Waals surface area contributed by atoms with Crippen LogP contribution in [0.3, 0.4) is 0 Å². The number of hydrogen-bond acceptors (Lipinski definition) is 4. The van der Waals surface area contributed by atoms with Gasteiger partial charge in [-0.15, -0.1) is 0 Å². The maximum absolute atomic E-state index is 13.2. The lowest BCUT2D eigenvalue weighted by molar-refractivity contribution is 0.0602. The zero-order valence-electron chi connectivity index (χ0n) is 10.6. The van der Waals surface area contributed by atoms with Crippen molar-refractivity contribution < 1.29 is 13.9 Å². The molecule has 0 bridgehead atoms. The zero-order valence-corrected chi connectivity index (χ0v) is 12.2. The van der Waals surface area contributed by atoms with Crippen LogP contribution < -0.4 is 11.1 Å². The van der Waals surface area contributed by atoms with E-state index in [1.807, 2.05) is 0 Å². The second-order valence-corrected chi connectivity index (χ2v) is 4.90. The summed E-state index contributed by atoms with van der Waals surface area (Å²) < 4.78 is 18.6. The zero-order chi connectivity index (χ0) is 14.7. The van der Waals surface area contributed by atoms with Crippen molar-refractivity contribution in [3.8, 4) is 0 Å². The number of carbonyl (C=O) groups excluding carboxylic acids is 1. The minimum Gasteiger partial charge on any atom is -0.465 e. The van der Waals surface area contributed by atoms with Gasteiger partial charge >= 0.3 is 5.97 Å². The van der Waals surface area contributed by atoms with Gasteiger partial charge < -0.3 is 15.8 Å². The van der Waals surface area contributed by atoms with E-state index in [4.69, 9.17) is 5.73 Å². The van der Waals surface area contributed by atoms with E-state index >= 15 is 0 Å². The van der Waals surface area contributed by atoms with Crippen molar-refractivity contribution in [3.63, 3.8) is 0 Å². The number of rotatable bonds is 3. The van der Waals surface area contributed by atoms with Crippen LogP contribution in [0.4, 0.5) is 21.5 Å². The fraction of sp³-hybridized carbons (Fsp3) is 0.0714. The van der Waals surface area contributed by atoms with Crippen molar-refractivity contribution in [1.29, 1.82) is 0 Å². The minimum absolute atomic E-state index is 0.255. The van der Waals surface area contributed by atoms with Gasteiger partial charge in [-0.2, -0.15) is 0 Å². The number of benzene rings is 2. The van der Waals surface area contributed by atoms with Crippen LogP contribution in [0.2, 0.25) is 0 Å². The van der Waals surface area contributed by atoms with Crippen LogP contribution in [0, 0.1) is 5.82 Å². The van der Waals surface area contributed by atoms with E-state index in [9.17, 15) is 9.18 Å². The molecule has 4 nitrogen and oxygen atoms in total. The van der Waals surface area contributed by atoms with Crippen LogP contribution in [-0.4, -0.2) is 13.1 Å². The topological polar surface area (TPSA) is 64.3 Å². The molecule has 0 atom stereocenters. The van der Waals surface area contributed by atoms with E-state index in [0.717, 1.165) is 0 Å². The van der Waals surface area contributed by atoms with Gasteiger partial charge in [0, 0.05) is 15.8 Å². The van der Waals surface area contributed by atoms with Crippen LogP contribution >= 0.6 is 15.9 Å². The summed E-state index contributed by atoms with van der Waals surface area (Å²) in [6, 6.07) is 9.12. The molecule has 2 aromatic carbocycles. The summed E-state index contributed by atoms with van der Waals surface area (Å²) in [6.45, 7) is 0. The van der Waals surface area contributed by atoms with Gasteiger partial charge in [0.2, 0.25) is 0 Å². The second kappa shape index (κ2) is 5.92. The summed E-state index contributed by atoms with van der Waals surface area (Å²) in [5.74, 6) is -0.885. The van der Waals surface area contributed by atoms with Crippen LogP contribution in [0.25, 0.3) is 0 Å². The first-order valence-electron chi connectivity index (χ1n) is 5.71. The monoisotopic (exact) mass is 338 g/mol. The number of methoxy groups -OCH3 is 1. The first kappa shape index (κ1) is 14.3. The molecule has 104 valence electrons. The maximum atomic E-state index is 13.2. The number of ether oxygens (including phenoxy) is 1. The average Bonchev–Trinajstić information content (AvgIpc) is 2.44. The molecule has 0 unspecified atom stereocenters. The van der Waals surface area contributed by atoms with E-state index < -0.39 is 5.97 Å². The summed E-state index contributed by atoms with van der Waals surface area (Å²) >= 11 is 3.32. The van der Waals surface area contributed by atoms with Crippen molar-refractivity contribution in [2.45, 2.75) is 0 Å². The van der Waals surface area contributed by atoms with E-state index in [1.165, 1.54) is 19.2 Å². The van der Waals surface area contributed by atoms with E-state index in [1.54, 1.807) is 24.3 Å².